The molecular weight excluding hydrogens is 240 g/mol. The maximum absolute atomic E-state index is 6.06. The van der Waals surface area contributed by atoms with Crippen LogP contribution >= 0.6 is 11.6 Å². The molecule has 0 radical (unpaired) electrons. The van der Waals surface area contributed by atoms with Crippen molar-refractivity contribution in [3.63, 3.8) is 0 Å². The summed E-state index contributed by atoms with van der Waals surface area (Å²) < 4.78 is 10.6. The first-order valence-corrected chi connectivity index (χ1v) is 6.05. The van der Waals surface area contributed by atoms with E-state index < -0.39 is 0 Å². The lowest BCUT2D eigenvalue weighted by molar-refractivity contribution is -0.00129. The summed E-state index contributed by atoms with van der Waals surface area (Å²) in [6, 6.07) is 3.68. The summed E-state index contributed by atoms with van der Waals surface area (Å²) in [5.74, 6) is 0.815. The normalized spacial score (nSPS) is 12.5. The summed E-state index contributed by atoms with van der Waals surface area (Å²) in [6.45, 7) is 5.75. The van der Waals surface area contributed by atoms with E-state index in [1.165, 1.54) is 0 Å². The molecule has 0 spiro atoms. The lowest BCUT2D eigenvalue weighted by Crippen LogP contribution is -2.15. The number of pyridine rings is 1. The van der Waals surface area contributed by atoms with Gasteiger partial charge in [0.05, 0.1) is 30.0 Å². The van der Waals surface area contributed by atoms with Crippen LogP contribution in [0.3, 0.4) is 0 Å². The molecule has 1 heterocycles. The van der Waals surface area contributed by atoms with Crippen molar-refractivity contribution in [3.8, 4) is 0 Å². The molecule has 96 valence electrons. The van der Waals surface area contributed by atoms with Gasteiger partial charge in [-0.3, -0.25) is 0 Å². The smallest absolute Gasteiger partial charge is 0.126 e. The first-order chi connectivity index (χ1) is 8.17. The number of ether oxygens (including phenoxy) is 2. The maximum Gasteiger partial charge on any atom is 0.126 e. The van der Waals surface area contributed by atoms with Gasteiger partial charge >= 0.3 is 0 Å². The molecule has 1 atom stereocenters. The highest BCUT2D eigenvalue weighted by atomic mass is 35.5. The zero-order valence-corrected chi connectivity index (χ0v) is 11.3. The summed E-state index contributed by atoms with van der Waals surface area (Å²) in [6.07, 6.45) is 0.0284. The summed E-state index contributed by atoms with van der Waals surface area (Å²) in [5, 5.41) is 3.76. The highest BCUT2D eigenvalue weighted by molar-refractivity contribution is 6.31. The first-order valence-electron chi connectivity index (χ1n) is 5.67. The average Bonchev–Trinajstić information content (AvgIpc) is 2.30. The second-order valence-corrected chi connectivity index (χ2v) is 4.14. The molecule has 1 aromatic rings. The van der Waals surface area contributed by atoms with Crippen LogP contribution in [0, 0.1) is 0 Å². The van der Waals surface area contributed by atoms with Gasteiger partial charge in [0.15, 0.2) is 0 Å². The fourth-order valence-electron chi connectivity index (χ4n) is 1.37. The minimum absolute atomic E-state index is 0.0284. The number of methoxy groups -OCH3 is 1. The topological polar surface area (TPSA) is 43.4 Å². The molecule has 0 bridgehead atoms. The van der Waals surface area contributed by atoms with Crippen LogP contribution in [-0.2, 0) is 16.1 Å². The third-order valence-electron chi connectivity index (χ3n) is 2.18. The highest BCUT2D eigenvalue weighted by Crippen LogP contribution is 2.18. The Bertz CT molecular complexity index is 347. The minimum atomic E-state index is 0.0284. The van der Waals surface area contributed by atoms with E-state index in [1.54, 1.807) is 7.11 Å². The Morgan fingerprint density at radius 1 is 1.47 bits per heavy atom. The molecule has 0 aliphatic carbocycles. The van der Waals surface area contributed by atoms with Crippen LogP contribution in [0.4, 0.5) is 5.82 Å². The van der Waals surface area contributed by atoms with Crippen molar-refractivity contribution >= 4 is 17.4 Å². The Balaban J connectivity index is 2.59. The largest absolute Gasteiger partial charge is 0.382 e. The van der Waals surface area contributed by atoms with Crippen LogP contribution in [0.1, 0.15) is 19.5 Å². The quantitative estimate of drug-likeness (QED) is 0.817. The third kappa shape index (κ3) is 4.89. The Morgan fingerprint density at radius 3 is 2.88 bits per heavy atom. The van der Waals surface area contributed by atoms with Crippen LogP contribution in [0.2, 0.25) is 5.02 Å². The second-order valence-electron chi connectivity index (χ2n) is 3.73. The van der Waals surface area contributed by atoms with Gasteiger partial charge < -0.3 is 14.8 Å². The standard InChI is InChI=1S/C12H19ClN2O2/c1-4-14-12-6-5-10(13)11(15-12)8-17-9(2)7-16-3/h5-6,9H,4,7-8H2,1-3H3,(H,14,15). The molecule has 0 aliphatic rings. The van der Waals surface area contributed by atoms with Crippen molar-refractivity contribution in [2.45, 2.75) is 26.6 Å². The van der Waals surface area contributed by atoms with E-state index in [1.807, 2.05) is 26.0 Å². The van der Waals surface area contributed by atoms with Crippen molar-refractivity contribution in [2.75, 3.05) is 25.6 Å². The lowest BCUT2D eigenvalue weighted by Gasteiger charge is -2.13. The molecule has 17 heavy (non-hydrogen) atoms. The van der Waals surface area contributed by atoms with Gasteiger partial charge in [0, 0.05) is 13.7 Å². The summed E-state index contributed by atoms with van der Waals surface area (Å²) in [7, 11) is 1.65. The molecular formula is C12H19ClN2O2. The fourth-order valence-corrected chi connectivity index (χ4v) is 1.53. The molecule has 0 aromatic carbocycles. The van der Waals surface area contributed by atoms with E-state index in [-0.39, 0.29) is 6.10 Å². The van der Waals surface area contributed by atoms with Crippen molar-refractivity contribution in [1.29, 1.82) is 0 Å². The van der Waals surface area contributed by atoms with Gasteiger partial charge in [0.2, 0.25) is 0 Å². The zero-order valence-electron chi connectivity index (χ0n) is 10.5. The molecule has 1 unspecified atom stereocenters. The number of halogens is 1. The van der Waals surface area contributed by atoms with Crippen molar-refractivity contribution in [3.05, 3.63) is 22.8 Å². The third-order valence-corrected chi connectivity index (χ3v) is 2.53. The van der Waals surface area contributed by atoms with E-state index in [0.717, 1.165) is 18.1 Å². The summed E-state index contributed by atoms with van der Waals surface area (Å²) in [4.78, 5) is 4.39. The number of nitrogens with zero attached hydrogens (tertiary/aromatic N) is 1. The van der Waals surface area contributed by atoms with Gasteiger partial charge in [-0.2, -0.15) is 0 Å². The SMILES string of the molecule is CCNc1ccc(Cl)c(COC(C)COC)n1. The predicted molar refractivity (Wildman–Crippen MR) is 69.5 cm³/mol. The van der Waals surface area contributed by atoms with Crippen LogP contribution in [0.25, 0.3) is 0 Å². The molecule has 0 saturated carbocycles. The monoisotopic (exact) mass is 258 g/mol. The zero-order chi connectivity index (χ0) is 12.7. The number of aromatic nitrogens is 1. The molecule has 0 fully saturated rings. The van der Waals surface area contributed by atoms with Gasteiger partial charge in [-0.15, -0.1) is 0 Å². The van der Waals surface area contributed by atoms with E-state index >= 15 is 0 Å². The Kier molecular flexibility index (Phi) is 6.26. The van der Waals surface area contributed by atoms with E-state index in [2.05, 4.69) is 10.3 Å². The minimum Gasteiger partial charge on any atom is -0.382 e. The number of rotatable bonds is 7. The molecule has 1 N–H and O–H groups in total. The molecule has 5 heteroatoms. The van der Waals surface area contributed by atoms with Gasteiger partial charge in [-0.05, 0) is 26.0 Å². The summed E-state index contributed by atoms with van der Waals surface area (Å²) in [5.41, 5.74) is 0.744. The van der Waals surface area contributed by atoms with Crippen molar-refractivity contribution in [2.24, 2.45) is 0 Å². The average molecular weight is 259 g/mol. The van der Waals surface area contributed by atoms with Gasteiger partial charge in [0.25, 0.3) is 0 Å². The Hall–Kier alpha value is -0.840. The number of hydrogen-bond donors (Lipinski definition) is 1. The molecule has 0 amide bonds. The van der Waals surface area contributed by atoms with Crippen LogP contribution in [0.15, 0.2) is 12.1 Å². The fraction of sp³-hybridized carbons (Fsp3) is 0.583. The molecule has 1 rings (SSSR count). The Morgan fingerprint density at radius 2 is 2.24 bits per heavy atom. The predicted octanol–water partition coefficient (Wildman–Crippen LogP) is 2.72. The van der Waals surface area contributed by atoms with E-state index in [4.69, 9.17) is 21.1 Å². The summed E-state index contributed by atoms with van der Waals surface area (Å²) >= 11 is 6.06. The highest BCUT2D eigenvalue weighted by Gasteiger charge is 2.07. The first kappa shape index (κ1) is 14.2. The Labute approximate surface area is 107 Å². The van der Waals surface area contributed by atoms with Crippen LogP contribution in [0.5, 0.6) is 0 Å². The number of anilines is 1. The van der Waals surface area contributed by atoms with Crippen LogP contribution in [-0.4, -0.2) is 31.3 Å². The second kappa shape index (κ2) is 7.48. The van der Waals surface area contributed by atoms with Gasteiger partial charge in [0.1, 0.15) is 5.82 Å². The molecule has 4 nitrogen and oxygen atoms in total. The van der Waals surface area contributed by atoms with E-state index in [0.29, 0.717) is 18.2 Å². The maximum atomic E-state index is 6.06. The van der Waals surface area contributed by atoms with E-state index in [9.17, 15) is 0 Å². The molecule has 0 aliphatic heterocycles. The van der Waals surface area contributed by atoms with Gasteiger partial charge in [-0.25, -0.2) is 4.98 Å². The van der Waals surface area contributed by atoms with Gasteiger partial charge in [-0.1, -0.05) is 11.6 Å². The molecule has 1 aromatic heterocycles. The van der Waals surface area contributed by atoms with Crippen LogP contribution < -0.4 is 5.32 Å². The van der Waals surface area contributed by atoms with Crippen molar-refractivity contribution in [1.82, 2.24) is 4.98 Å². The lowest BCUT2D eigenvalue weighted by atomic mass is 10.3. The number of nitrogens with one attached hydrogen (secondary N) is 1. The van der Waals surface area contributed by atoms with Crippen molar-refractivity contribution < 1.29 is 9.47 Å². The molecule has 0 saturated heterocycles. The number of hydrogen-bond acceptors (Lipinski definition) is 4.